The Morgan fingerprint density at radius 3 is 1.83 bits per heavy atom. The van der Waals surface area contributed by atoms with Crippen LogP contribution >= 0.6 is 0 Å². The lowest BCUT2D eigenvalue weighted by atomic mass is 9.86. The maximum absolute atomic E-state index is 13.4. The number of hydrogen-bond donors (Lipinski definition) is 0. The summed E-state index contributed by atoms with van der Waals surface area (Å²) in [5.74, 6) is 0.227. The van der Waals surface area contributed by atoms with Gasteiger partial charge in [-0.05, 0) is 84.4 Å². The van der Waals surface area contributed by atoms with Crippen molar-refractivity contribution in [3.8, 4) is 11.4 Å². The summed E-state index contributed by atoms with van der Waals surface area (Å²) < 4.78 is 4.86. The maximum atomic E-state index is 13.4. The molecule has 11 rings (SSSR count). The van der Waals surface area contributed by atoms with Crippen molar-refractivity contribution in [3.63, 3.8) is 0 Å². The Morgan fingerprint density at radius 2 is 1.08 bits per heavy atom. The Kier molecular flexibility index (Phi) is 6.49. The van der Waals surface area contributed by atoms with Crippen molar-refractivity contribution in [1.82, 2.24) is 9.13 Å². The van der Waals surface area contributed by atoms with E-state index in [9.17, 15) is 4.79 Å². The number of aromatic nitrogens is 2. The number of rotatable bonds is 5. The van der Waals surface area contributed by atoms with E-state index in [1.165, 1.54) is 61.1 Å². The van der Waals surface area contributed by atoms with E-state index >= 15 is 0 Å². The molecule has 1 aliphatic carbocycles. The molecule has 4 heteroatoms. The van der Waals surface area contributed by atoms with E-state index in [2.05, 4.69) is 154 Å². The molecule has 0 N–H and O–H groups in total. The molecular weight excluding hydrogens is 647 g/mol. The summed E-state index contributed by atoms with van der Waals surface area (Å²) in [4.78, 5) is 15.9. The zero-order chi connectivity index (χ0) is 35.0. The predicted octanol–water partition coefficient (Wildman–Crippen LogP) is 11.8. The van der Waals surface area contributed by atoms with Crippen LogP contribution in [0.1, 0.15) is 38.7 Å². The summed E-state index contributed by atoms with van der Waals surface area (Å²) in [6, 6.07) is 61.4. The van der Waals surface area contributed by atoms with Crippen molar-refractivity contribution in [1.29, 1.82) is 0 Å². The normalized spacial score (nSPS) is 14.7. The van der Waals surface area contributed by atoms with E-state index in [0.717, 1.165) is 23.3 Å². The lowest BCUT2D eigenvalue weighted by Gasteiger charge is -2.27. The average molecular weight is 680 g/mol. The van der Waals surface area contributed by atoms with Gasteiger partial charge in [-0.3, -0.25) is 4.79 Å². The Labute approximate surface area is 307 Å². The largest absolute Gasteiger partial charge is 0.313 e. The number of benzene rings is 7. The lowest BCUT2D eigenvalue weighted by molar-refractivity contribution is 0.103. The zero-order valence-corrected chi connectivity index (χ0v) is 28.9. The lowest BCUT2D eigenvalue weighted by Crippen LogP contribution is -2.18. The fraction of sp³-hybridized carbons (Fsp3) is 0.0408. The Morgan fingerprint density at radius 1 is 0.491 bits per heavy atom. The van der Waals surface area contributed by atoms with Gasteiger partial charge < -0.3 is 14.0 Å². The van der Waals surface area contributed by atoms with Gasteiger partial charge in [0.1, 0.15) is 0 Å². The topological polar surface area (TPSA) is 30.2 Å². The van der Waals surface area contributed by atoms with Crippen LogP contribution in [0.15, 0.2) is 182 Å². The van der Waals surface area contributed by atoms with Crippen LogP contribution in [0.4, 0.5) is 11.4 Å². The molecule has 0 saturated carbocycles. The maximum Gasteiger partial charge on any atom is 0.193 e. The highest BCUT2D eigenvalue weighted by atomic mass is 16.1. The zero-order valence-electron chi connectivity index (χ0n) is 28.9. The van der Waals surface area contributed by atoms with Gasteiger partial charge in [-0.15, -0.1) is 0 Å². The second-order valence-corrected chi connectivity index (χ2v) is 14.0. The van der Waals surface area contributed by atoms with E-state index in [-0.39, 0.29) is 11.7 Å². The minimum Gasteiger partial charge on any atom is -0.313 e. The van der Waals surface area contributed by atoms with Gasteiger partial charge in [0.2, 0.25) is 0 Å². The summed E-state index contributed by atoms with van der Waals surface area (Å²) in [7, 11) is 0. The number of fused-ring (bicyclic) bond motifs is 10. The molecule has 9 aromatic rings. The number of carbonyl (C=O) groups is 1. The molecule has 0 amide bonds. The van der Waals surface area contributed by atoms with Crippen LogP contribution in [0.25, 0.3) is 50.2 Å². The molecule has 0 saturated heterocycles. The molecule has 0 radical (unpaired) electrons. The first kappa shape index (κ1) is 29.8. The van der Waals surface area contributed by atoms with Crippen LogP contribution in [0.2, 0.25) is 0 Å². The van der Waals surface area contributed by atoms with Gasteiger partial charge in [-0.25, -0.2) is 0 Å². The SMILES string of the molecule is O=C(c1ccccc1)c1ccc(-n2c3c(c4c5c6ccccc6n(-c6ccccc6)c5ccc42)C=C2C(C3)c3ccccc3N2c2ccccc2)cc1. The van der Waals surface area contributed by atoms with E-state index in [1.807, 2.05) is 42.5 Å². The number of hydrogen-bond acceptors (Lipinski definition) is 2. The third-order valence-electron chi connectivity index (χ3n) is 11.2. The summed E-state index contributed by atoms with van der Waals surface area (Å²) in [6.07, 6.45) is 3.32. The predicted molar refractivity (Wildman–Crippen MR) is 217 cm³/mol. The van der Waals surface area contributed by atoms with Crippen molar-refractivity contribution in [3.05, 3.63) is 210 Å². The van der Waals surface area contributed by atoms with Gasteiger partial charge in [0, 0.05) is 79.3 Å². The van der Waals surface area contributed by atoms with Gasteiger partial charge in [0.15, 0.2) is 5.78 Å². The smallest absolute Gasteiger partial charge is 0.193 e. The molecule has 1 aliphatic heterocycles. The van der Waals surface area contributed by atoms with Gasteiger partial charge in [0.05, 0.1) is 16.6 Å². The van der Waals surface area contributed by atoms with Crippen LogP contribution in [-0.4, -0.2) is 14.9 Å². The average Bonchev–Trinajstić information content (AvgIpc) is 3.86. The number of allylic oxidation sites excluding steroid dienone is 1. The highest BCUT2D eigenvalue weighted by molar-refractivity contribution is 6.24. The molecule has 1 atom stereocenters. The summed E-state index contributed by atoms with van der Waals surface area (Å²) in [5.41, 5.74) is 14.7. The number of anilines is 2. The van der Waals surface area contributed by atoms with E-state index in [0.29, 0.717) is 11.1 Å². The number of ketones is 1. The van der Waals surface area contributed by atoms with Crippen molar-refractivity contribution in [2.45, 2.75) is 12.3 Å². The molecule has 53 heavy (non-hydrogen) atoms. The third kappa shape index (κ3) is 4.39. The van der Waals surface area contributed by atoms with Gasteiger partial charge in [-0.1, -0.05) is 103 Å². The van der Waals surface area contributed by atoms with Gasteiger partial charge in [0.25, 0.3) is 0 Å². The fourth-order valence-electron chi connectivity index (χ4n) is 8.97. The molecule has 3 heterocycles. The minimum atomic E-state index is 0.0307. The van der Waals surface area contributed by atoms with Crippen LogP contribution in [0, 0.1) is 0 Å². The standard InChI is InChI=1S/C49H33N3O/c53-49(32-14-4-1-5-15-32)33-24-26-36(27-25-33)52-44-29-28-43-47(38-21-11-13-23-42(38)50(43)34-16-6-2-7-17-34)48(44)40-31-45-39(30-46(40)52)37-20-10-12-22-41(37)51(45)35-18-8-3-9-19-35/h1-29,31,39H,30H2. The molecular formula is C49H33N3O. The van der Waals surface area contributed by atoms with Crippen LogP contribution < -0.4 is 4.90 Å². The fourth-order valence-corrected chi connectivity index (χ4v) is 8.97. The summed E-state index contributed by atoms with van der Waals surface area (Å²) >= 11 is 0. The molecule has 7 aromatic carbocycles. The molecule has 2 aromatic heterocycles. The Hall–Kier alpha value is -6.91. The second-order valence-electron chi connectivity index (χ2n) is 14.0. The Balaban J connectivity index is 1.21. The minimum absolute atomic E-state index is 0.0307. The van der Waals surface area contributed by atoms with E-state index in [4.69, 9.17) is 0 Å². The first-order valence-corrected chi connectivity index (χ1v) is 18.3. The molecule has 0 fully saturated rings. The number of nitrogens with zero attached hydrogens (tertiary/aromatic N) is 3. The second kappa shape index (κ2) is 11.6. The Bertz CT molecular complexity index is 2920. The van der Waals surface area contributed by atoms with Crippen molar-refractivity contribution in [2.24, 2.45) is 0 Å². The third-order valence-corrected chi connectivity index (χ3v) is 11.2. The van der Waals surface area contributed by atoms with Crippen LogP contribution in [0.5, 0.6) is 0 Å². The van der Waals surface area contributed by atoms with Crippen molar-refractivity contribution < 1.29 is 4.79 Å². The van der Waals surface area contributed by atoms with Crippen LogP contribution in [0.3, 0.4) is 0 Å². The molecule has 1 unspecified atom stereocenters. The molecule has 0 bridgehead atoms. The van der Waals surface area contributed by atoms with Crippen molar-refractivity contribution >= 4 is 55.9 Å². The molecule has 0 spiro atoms. The van der Waals surface area contributed by atoms with Gasteiger partial charge in [-0.2, -0.15) is 0 Å². The molecule has 4 nitrogen and oxygen atoms in total. The van der Waals surface area contributed by atoms with E-state index < -0.39 is 0 Å². The molecule has 250 valence electrons. The first-order valence-electron chi connectivity index (χ1n) is 18.3. The monoisotopic (exact) mass is 679 g/mol. The number of para-hydroxylation sites is 4. The quantitative estimate of drug-likeness (QED) is 0.170. The van der Waals surface area contributed by atoms with Crippen molar-refractivity contribution in [2.75, 3.05) is 4.90 Å². The highest BCUT2D eigenvalue weighted by Gasteiger charge is 2.39. The van der Waals surface area contributed by atoms with Crippen LogP contribution in [-0.2, 0) is 6.42 Å². The summed E-state index contributed by atoms with van der Waals surface area (Å²) in [5, 5.41) is 3.74. The summed E-state index contributed by atoms with van der Waals surface area (Å²) in [6.45, 7) is 0. The number of carbonyl (C=O) groups excluding carboxylic acids is 1. The van der Waals surface area contributed by atoms with E-state index in [1.54, 1.807) is 0 Å². The molecule has 2 aliphatic rings. The highest BCUT2D eigenvalue weighted by Crippen LogP contribution is 2.54. The first-order chi connectivity index (χ1) is 26.2. The van der Waals surface area contributed by atoms with Gasteiger partial charge >= 0.3 is 0 Å².